The minimum atomic E-state index is -3.30. The van der Waals surface area contributed by atoms with E-state index in [1.165, 1.54) is 0 Å². The van der Waals surface area contributed by atoms with Crippen molar-refractivity contribution in [2.45, 2.75) is 37.8 Å². The van der Waals surface area contributed by atoms with Crippen LogP contribution in [0.15, 0.2) is 24.3 Å². The molecule has 152 valence electrons. The lowest BCUT2D eigenvalue weighted by Crippen LogP contribution is -2.38. The van der Waals surface area contributed by atoms with Gasteiger partial charge in [-0.25, -0.2) is 13.1 Å². The molecule has 0 unspecified atom stereocenters. The molecule has 3 amide bonds. The Kier molecular flexibility index (Phi) is 4.16. The van der Waals surface area contributed by atoms with Crippen molar-refractivity contribution in [2.75, 3.05) is 11.9 Å². The lowest BCUT2D eigenvalue weighted by molar-refractivity contribution is -0.116. The maximum atomic E-state index is 12.7. The van der Waals surface area contributed by atoms with Crippen LogP contribution in [0.25, 0.3) is 0 Å². The summed E-state index contributed by atoms with van der Waals surface area (Å²) < 4.78 is 25.5. The van der Waals surface area contributed by atoms with Crippen LogP contribution in [-0.2, 0) is 31.7 Å². The first-order valence-electron chi connectivity index (χ1n) is 9.05. The molecule has 4 rings (SSSR count). The minimum absolute atomic E-state index is 0.174. The monoisotopic (exact) mass is 416 g/mol. The molecule has 1 aromatic heterocycles. The second-order valence-electron chi connectivity index (χ2n) is 8.18. The standard InChI is InChI=1S/C19H20N4O5S/c1-19(2,3)23-16(13-9-29(27,28)10-14(13)21-23)20-15(24)8-22-17(25)11-6-4-5-7-12(11)18(22)26/h4-7H,8-10H2,1-3H3,(H,20,24). The van der Waals surface area contributed by atoms with Gasteiger partial charge in [0.2, 0.25) is 5.91 Å². The normalized spacial score (nSPS) is 17.4. The van der Waals surface area contributed by atoms with Crippen LogP contribution in [-0.4, -0.2) is 47.4 Å². The van der Waals surface area contributed by atoms with Crippen LogP contribution in [0, 0.1) is 0 Å². The molecular formula is C19H20N4O5S. The van der Waals surface area contributed by atoms with E-state index in [1.54, 1.807) is 28.9 Å². The largest absolute Gasteiger partial charge is 0.309 e. The van der Waals surface area contributed by atoms with Crippen LogP contribution in [0.2, 0.25) is 0 Å². The lowest BCUT2D eigenvalue weighted by Gasteiger charge is -2.23. The Morgan fingerprint density at radius 1 is 1.10 bits per heavy atom. The summed E-state index contributed by atoms with van der Waals surface area (Å²) >= 11 is 0. The smallest absolute Gasteiger partial charge is 0.262 e. The molecule has 3 heterocycles. The third-order valence-electron chi connectivity index (χ3n) is 4.86. The van der Waals surface area contributed by atoms with Crippen molar-refractivity contribution in [1.82, 2.24) is 14.7 Å². The number of amides is 3. The van der Waals surface area contributed by atoms with Crippen molar-refractivity contribution in [3.05, 3.63) is 46.6 Å². The van der Waals surface area contributed by atoms with Gasteiger partial charge in [-0.1, -0.05) is 12.1 Å². The fourth-order valence-corrected chi connectivity index (χ4v) is 5.05. The fraction of sp³-hybridized carbons (Fsp3) is 0.368. The SMILES string of the molecule is CC(C)(C)n1nc2c(c1NC(=O)CN1C(=O)c3ccccc3C1=O)CS(=O)(=O)C2. The maximum absolute atomic E-state index is 12.7. The molecule has 2 aromatic rings. The van der Waals surface area contributed by atoms with Crippen LogP contribution in [0.4, 0.5) is 5.82 Å². The van der Waals surface area contributed by atoms with Gasteiger partial charge in [0.05, 0.1) is 33.9 Å². The number of sulfone groups is 1. The summed E-state index contributed by atoms with van der Waals surface area (Å²) in [5.74, 6) is -1.75. The van der Waals surface area contributed by atoms with E-state index in [9.17, 15) is 22.8 Å². The summed E-state index contributed by atoms with van der Waals surface area (Å²) in [5.41, 5.74) is 0.882. The third-order valence-corrected chi connectivity index (χ3v) is 6.30. The van der Waals surface area contributed by atoms with Gasteiger partial charge in [-0.2, -0.15) is 5.10 Å². The zero-order valence-electron chi connectivity index (χ0n) is 16.2. The van der Waals surface area contributed by atoms with Crippen molar-refractivity contribution in [3.63, 3.8) is 0 Å². The predicted molar refractivity (Wildman–Crippen MR) is 104 cm³/mol. The Labute approximate surface area is 167 Å². The summed E-state index contributed by atoms with van der Waals surface area (Å²) in [6.07, 6.45) is 0. The molecule has 0 atom stereocenters. The summed E-state index contributed by atoms with van der Waals surface area (Å²) in [5, 5.41) is 7.06. The van der Waals surface area contributed by atoms with E-state index in [0.29, 0.717) is 11.3 Å². The maximum Gasteiger partial charge on any atom is 0.262 e. The summed E-state index contributed by atoms with van der Waals surface area (Å²) in [6.45, 7) is 5.17. The van der Waals surface area contributed by atoms with Crippen LogP contribution < -0.4 is 5.32 Å². The second-order valence-corrected chi connectivity index (χ2v) is 10.2. The number of benzene rings is 1. The molecule has 0 saturated carbocycles. The molecular weight excluding hydrogens is 396 g/mol. The van der Waals surface area contributed by atoms with Crippen molar-refractivity contribution in [1.29, 1.82) is 0 Å². The van der Waals surface area contributed by atoms with Gasteiger partial charge in [0, 0.05) is 5.56 Å². The first kappa shape index (κ1) is 19.3. The fourth-order valence-electron chi connectivity index (χ4n) is 3.55. The van der Waals surface area contributed by atoms with Gasteiger partial charge in [0.1, 0.15) is 12.4 Å². The van der Waals surface area contributed by atoms with E-state index in [2.05, 4.69) is 10.4 Å². The molecule has 0 aliphatic carbocycles. The van der Waals surface area contributed by atoms with Crippen LogP contribution in [0.5, 0.6) is 0 Å². The van der Waals surface area contributed by atoms with E-state index in [0.717, 1.165) is 4.90 Å². The number of carbonyl (C=O) groups excluding carboxylic acids is 3. The average molecular weight is 416 g/mol. The molecule has 0 fully saturated rings. The number of nitrogens with zero attached hydrogens (tertiary/aromatic N) is 3. The molecule has 0 radical (unpaired) electrons. The Bertz CT molecular complexity index is 1140. The second kappa shape index (κ2) is 6.24. The number of anilines is 1. The number of carbonyl (C=O) groups is 3. The van der Waals surface area contributed by atoms with Crippen LogP contribution in [0.3, 0.4) is 0 Å². The highest BCUT2D eigenvalue weighted by atomic mass is 32.2. The van der Waals surface area contributed by atoms with E-state index < -0.39 is 39.6 Å². The molecule has 2 aliphatic rings. The topological polar surface area (TPSA) is 118 Å². The molecule has 29 heavy (non-hydrogen) atoms. The number of aromatic nitrogens is 2. The Morgan fingerprint density at radius 2 is 1.69 bits per heavy atom. The van der Waals surface area contributed by atoms with E-state index in [-0.39, 0.29) is 28.5 Å². The van der Waals surface area contributed by atoms with Gasteiger partial charge < -0.3 is 5.32 Å². The molecule has 2 aliphatic heterocycles. The quantitative estimate of drug-likeness (QED) is 0.754. The molecule has 0 bridgehead atoms. The van der Waals surface area contributed by atoms with Crippen molar-refractivity contribution >= 4 is 33.4 Å². The van der Waals surface area contributed by atoms with Gasteiger partial charge in [0.15, 0.2) is 9.84 Å². The first-order valence-corrected chi connectivity index (χ1v) is 10.9. The third kappa shape index (κ3) is 3.23. The number of imide groups is 1. The highest BCUT2D eigenvalue weighted by molar-refractivity contribution is 7.90. The van der Waals surface area contributed by atoms with Crippen LogP contribution in [0.1, 0.15) is 52.7 Å². The molecule has 1 N–H and O–H groups in total. The molecule has 0 spiro atoms. The van der Waals surface area contributed by atoms with Crippen molar-refractivity contribution < 1.29 is 22.8 Å². The highest BCUT2D eigenvalue weighted by Gasteiger charge is 2.38. The lowest BCUT2D eigenvalue weighted by atomic mass is 10.1. The van der Waals surface area contributed by atoms with E-state index >= 15 is 0 Å². The van der Waals surface area contributed by atoms with E-state index in [4.69, 9.17) is 0 Å². The Morgan fingerprint density at radius 3 is 2.24 bits per heavy atom. The summed E-state index contributed by atoms with van der Waals surface area (Å²) in [7, 11) is -3.30. The van der Waals surface area contributed by atoms with Crippen molar-refractivity contribution in [3.8, 4) is 0 Å². The van der Waals surface area contributed by atoms with Gasteiger partial charge in [-0.15, -0.1) is 0 Å². The summed E-state index contributed by atoms with van der Waals surface area (Å²) in [4.78, 5) is 38.5. The summed E-state index contributed by atoms with van der Waals surface area (Å²) in [6, 6.07) is 6.39. The average Bonchev–Trinajstić information content (AvgIpc) is 3.18. The molecule has 10 heteroatoms. The number of rotatable bonds is 3. The van der Waals surface area contributed by atoms with E-state index in [1.807, 2.05) is 20.8 Å². The number of fused-ring (bicyclic) bond motifs is 2. The Hall–Kier alpha value is -3.01. The minimum Gasteiger partial charge on any atom is -0.309 e. The van der Waals surface area contributed by atoms with Gasteiger partial charge in [-0.3, -0.25) is 19.3 Å². The molecule has 1 aromatic carbocycles. The predicted octanol–water partition coefficient (Wildman–Crippen LogP) is 1.30. The van der Waals surface area contributed by atoms with Gasteiger partial charge in [0.25, 0.3) is 11.8 Å². The molecule has 0 saturated heterocycles. The number of hydrogen-bond acceptors (Lipinski definition) is 6. The zero-order valence-corrected chi connectivity index (χ0v) is 17.0. The number of nitrogens with one attached hydrogen (secondary N) is 1. The first-order chi connectivity index (χ1) is 13.5. The van der Waals surface area contributed by atoms with Crippen LogP contribution >= 0.6 is 0 Å². The van der Waals surface area contributed by atoms with Gasteiger partial charge in [-0.05, 0) is 32.9 Å². The Balaban J connectivity index is 1.60. The van der Waals surface area contributed by atoms with Crippen molar-refractivity contribution in [2.24, 2.45) is 0 Å². The van der Waals surface area contributed by atoms with Gasteiger partial charge >= 0.3 is 0 Å². The molecule has 9 nitrogen and oxygen atoms in total. The zero-order chi connectivity index (χ0) is 21.1. The number of hydrogen-bond donors (Lipinski definition) is 1. The highest BCUT2D eigenvalue weighted by Crippen LogP contribution is 2.34.